The van der Waals surface area contributed by atoms with Gasteiger partial charge in [0.05, 0.1) is 34.6 Å². The van der Waals surface area contributed by atoms with Gasteiger partial charge in [-0.2, -0.15) is 0 Å². The van der Waals surface area contributed by atoms with Gasteiger partial charge in [0.25, 0.3) is 0 Å². The van der Waals surface area contributed by atoms with Crippen LogP contribution in [0.5, 0.6) is 0 Å². The zero-order valence-electron chi connectivity index (χ0n) is 36.6. The van der Waals surface area contributed by atoms with Gasteiger partial charge in [0.2, 0.25) is 0 Å². The minimum atomic E-state index is -1.10. The van der Waals surface area contributed by atoms with Gasteiger partial charge in [-0.25, -0.2) is 4.98 Å². The van der Waals surface area contributed by atoms with Crippen LogP contribution in [0.2, 0.25) is 0 Å². The van der Waals surface area contributed by atoms with Crippen molar-refractivity contribution in [2.45, 2.75) is 190 Å². The molecule has 5 N–H and O–H groups in total. The number of aliphatic hydroxyl groups is 2. The minimum absolute atomic E-state index is 0. The smallest absolute Gasteiger partial charge is 0.306 e. The predicted molar refractivity (Wildman–Crippen MR) is 225 cm³/mol. The van der Waals surface area contributed by atoms with Gasteiger partial charge in [-0.15, -0.1) is 0 Å². The number of hydrogen-bond donors (Lipinski definition) is 5. The van der Waals surface area contributed by atoms with Crippen molar-refractivity contribution in [2.75, 3.05) is 14.1 Å². The summed E-state index contributed by atoms with van der Waals surface area (Å²) < 4.78 is 0. The van der Waals surface area contributed by atoms with Crippen LogP contribution in [0.4, 0.5) is 0 Å². The van der Waals surface area contributed by atoms with Crippen molar-refractivity contribution in [2.24, 2.45) is 21.8 Å². The summed E-state index contributed by atoms with van der Waals surface area (Å²) in [6.07, 6.45) is 18.6. The Morgan fingerprint density at radius 3 is 1.21 bits per heavy atom. The SMILES string of the molecule is CCCCC(CC)C(=O)O.CCCCC(CC)C(=O)O.CCCCCCCC(=O)O.CCCCCCCC(O)O.CN=C(C)c1cccc(C(C)=NC)n1.[Co].[Co]. The van der Waals surface area contributed by atoms with E-state index in [2.05, 4.69) is 42.7 Å². The Kier molecular flexibility index (Phi) is 57.4. The molecule has 0 saturated heterocycles. The van der Waals surface area contributed by atoms with Gasteiger partial charge >= 0.3 is 17.9 Å². The van der Waals surface area contributed by atoms with E-state index in [0.717, 1.165) is 99.9 Å². The molecule has 1 aromatic rings. The Bertz CT molecular complexity index is 1050. The molecular weight excluding hydrogens is 804 g/mol. The number of unbranched alkanes of at least 4 members (excludes halogenated alkanes) is 10. The van der Waals surface area contributed by atoms with Gasteiger partial charge in [0.15, 0.2) is 6.29 Å². The van der Waals surface area contributed by atoms with Crippen LogP contribution in [-0.4, -0.2) is 80.2 Å². The Balaban J connectivity index is -0.000000139. The second-order valence-electron chi connectivity index (χ2n) is 13.4. The summed E-state index contributed by atoms with van der Waals surface area (Å²) >= 11 is 0. The van der Waals surface area contributed by atoms with Gasteiger partial charge in [-0.05, 0) is 70.9 Å². The number of aliphatic imine (C=N–C) groups is 2. The van der Waals surface area contributed by atoms with Crippen LogP contribution >= 0.6 is 0 Å². The number of carboxylic acid groups (broad SMARTS) is 3. The molecule has 2 unspecified atom stereocenters. The molecule has 0 aromatic carbocycles. The van der Waals surface area contributed by atoms with Gasteiger partial charge < -0.3 is 25.5 Å². The van der Waals surface area contributed by atoms with Crippen molar-refractivity contribution in [3.63, 3.8) is 0 Å². The van der Waals surface area contributed by atoms with Crippen LogP contribution in [0.3, 0.4) is 0 Å². The minimum Gasteiger partial charge on any atom is -0.481 e. The topological polar surface area (TPSA) is 190 Å². The first-order chi connectivity index (χ1) is 25.7. The summed E-state index contributed by atoms with van der Waals surface area (Å²) in [5.74, 6) is -2.18. The molecule has 0 saturated carbocycles. The summed E-state index contributed by atoms with van der Waals surface area (Å²) in [5.41, 5.74) is 3.70. The van der Waals surface area contributed by atoms with Crippen molar-refractivity contribution in [3.8, 4) is 0 Å². The average molecular weight is 886 g/mol. The summed E-state index contributed by atoms with van der Waals surface area (Å²) in [7, 11) is 3.54. The molecule has 2 atom stereocenters. The number of rotatable bonds is 24. The molecule has 56 heavy (non-hydrogen) atoms. The van der Waals surface area contributed by atoms with Crippen molar-refractivity contribution in [3.05, 3.63) is 29.6 Å². The summed E-state index contributed by atoms with van der Waals surface area (Å²) in [5, 5.41) is 42.4. The molecule has 0 spiro atoms. The third-order valence-corrected chi connectivity index (χ3v) is 8.72. The van der Waals surface area contributed by atoms with Crippen LogP contribution in [0.1, 0.15) is 195 Å². The van der Waals surface area contributed by atoms with Gasteiger partial charge in [-0.1, -0.05) is 125 Å². The maximum atomic E-state index is 10.4. The quantitative estimate of drug-likeness (QED) is 0.0382. The molecule has 334 valence electrons. The van der Waals surface area contributed by atoms with Gasteiger partial charge in [0, 0.05) is 54.1 Å². The standard InChI is InChI=1S/C11H15N3.2C8H16O2.C8H18O2.C8H16O2.2Co/c1-8(12-3)10-6-5-7-11(14-10)9(2)13-4;2*1-3-5-6-7(4-2)8(9)10;2*1-2-3-4-5-6-7-8(9)10;;/h5-7H,1-4H3;2*7H,3-6H2,1-2H3,(H,9,10);8-10H,2-7H2,1H3;2-7H2,1H3,(H,9,10);;. The van der Waals surface area contributed by atoms with E-state index in [1.54, 1.807) is 14.1 Å². The van der Waals surface area contributed by atoms with Crippen LogP contribution in [-0.2, 0) is 47.9 Å². The summed E-state index contributed by atoms with van der Waals surface area (Å²) in [6.45, 7) is 16.2. The van der Waals surface area contributed by atoms with Crippen LogP contribution < -0.4 is 0 Å². The van der Waals surface area contributed by atoms with E-state index in [1.807, 2.05) is 45.9 Å². The zero-order chi connectivity index (χ0) is 42.2. The third-order valence-electron chi connectivity index (χ3n) is 8.72. The number of carbonyl (C=O) groups is 3. The molecule has 0 fully saturated rings. The van der Waals surface area contributed by atoms with Crippen molar-refractivity contribution < 1.29 is 73.5 Å². The molecular formula is C43H81Co2N3O8. The van der Waals surface area contributed by atoms with Crippen molar-refractivity contribution in [1.29, 1.82) is 0 Å². The average Bonchev–Trinajstić information content (AvgIpc) is 3.15. The first-order valence-corrected chi connectivity index (χ1v) is 20.5. The molecule has 2 radical (unpaired) electrons. The van der Waals surface area contributed by atoms with Gasteiger partial charge in [-0.3, -0.25) is 24.4 Å². The van der Waals surface area contributed by atoms with Crippen molar-refractivity contribution >= 4 is 29.3 Å². The fourth-order valence-electron chi connectivity index (χ4n) is 4.78. The van der Waals surface area contributed by atoms with E-state index < -0.39 is 24.2 Å². The molecule has 13 heteroatoms. The Labute approximate surface area is 361 Å². The molecule has 1 rings (SSSR count). The fraction of sp³-hybridized carbons (Fsp3) is 0.767. The number of aliphatic hydroxyl groups excluding tert-OH is 1. The first-order valence-electron chi connectivity index (χ1n) is 20.5. The summed E-state index contributed by atoms with van der Waals surface area (Å²) in [4.78, 5) is 43.6. The van der Waals surface area contributed by atoms with Gasteiger partial charge in [0.1, 0.15) is 0 Å². The van der Waals surface area contributed by atoms with Crippen LogP contribution in [0.15, 0.2) is 28.2 Å². The van der Waals surface area contributed by atoms with Crippen LogP contribution in [0, 0.1) is 11.8 Å². The predicted octanol–water partition coefficient (Wildman–Crippen LogP) is 10.6. The van der Waals surface area contributed by atoms with E-state index >= 15 is 0 Å². The van der Waals surface area contributed by atoms with E-state index in [-0.39, 0.29) is 45.4 Å². The number of aromatic nitrogens is 1. The van der Waals surface area contributed by atoms with E-state index in [4.69, 9.17) is 25.5 Å². The molecule has 1 aromatic heterocycles. The molecule has 0 bridgehead atoms. The normalized spacial score (nSPS) is 11.6. The van der Waals surface area contributed by atoms with Crippen molar-refractivity contribution in [1.82, 2.24) is 4.98 Å². The Hall–Kier alpha value is -2.17. The molecule has 0 aliphatic heterocycles. The molecule has 11 nitrogen and oxygen atoms in total. The Morgan fingerprint density at radius 2 is 0.929 bits per heavy atom. The molecule has 0 aliphatic carbocycles. The largest absolute Gasteiger partial charge is 0.481 e. The number of carboxylic acids is 3. The molecule has 0 amide bonds. The molecule has 1 heterocycles. The maximum absolute atomic E-state index is 10.4. The number of hydrogen-bond acceptors (Lipinski definition) is 8. The monoisotopic (exact) mass is 885 g/mol. The first kappa shape index (κ1) is 65.7. The number of aliphatic carboxylic acids is 3. The van der Waals surface area contributed by atoms with Crippen LogP contribution in [0.25, 0.3) is 0 Å². The number of nitrogens with zero attached hydrogens (tertiary/aromatic N) is 3. The fourth-order valence-corrected chi connectivity index (χ4v) is 4.78. The second kappa shape index (κ2) is 49.0. The van der Waals surface area contributed by atoms with E-state index in [9.17, 15) is 14.4 Å². The number of pyridine rings is 1. The molecule has 0 aliphatic rings. The third kappa shape index (κ3) is 46.2. The zero-order valence-corrected chi connectivity index (χ0v) is 38.7. The summed E-state index contributed by atoms with van der Waals surface area (Å²) in [6, 6.07) is 5.88. The van der Waals surface area contributed by atoms with E-state index in [0.29, 0.717) is 12.8 Å². The maximum Gasteiger partial charge on any atom is 0.306 e. The van der Waals surface area contributed by atoms with E-state index in [1.165, 1.54) is 38.5 Å². The second-order valence-corrected chi connectivity index (χ2v) is 13.4. The Morgan fingerprint density at radius 1 is 0.571 bits per heavy atom.